The Hall–Kier alpha value is -0.650. The lowest BCUT2D eigenvalue weighted by Gasteiger charge is -2.02. The molecule has 0 radical (unpaired) electrons. The molecule has 2 rings (SSSR count). The van der Waals surface area contributed by atoms with E-state index in [9.17, 15) is 0 Å². The van der Waals surface area contributed by atoms with Gasteiger partial charge in [-0.05, 0) is 48.9 Å². The van der Waals surface area contributed by atoms with Crippen molar-refractivity contribution in [3.63, 3.8) is 0 Å². The van der Waals surface area contributed by atoms with Gasteiger partial charge in [-0.3, -0.25) is 0 Å². The molecule has 0 atom stereocenters. The summed E-state index contributed by atoms with van der Waals surface area (Å²) in [5, 5.41) is 4.47. The molecule has 0 bridgehead atoms. The van der Waals surface area contributed by atoms with Gasteiger partial charge in [-0.2, -0.15) is 5.10 Å². The highest BCUT2D eigenvalue weighted by Crippen LogP contribution is 2.18. The lowest BCUT2D eigenvalue weighted by Crippen LogP contribution is -2.00. The van der Waals surface area contributed by atoms with E-state index in [0.29, 0.717) is 0 Å². The number of halogens is 1. The van der Waals surface area contributed by atoms with Crippen molar-refractivity contribution >= 4 is 28.2 Å². The molecule has 0 aliphatic heterocycles. The summed E-state index contributed by atoms with van der Waals surface area (Å²) in [5.41, 5.74) is 4.32. The van der Waals surface area contributed by atoms with Gasteiger partial charge >= 0.3 is 0 Å². The normalized spacial score (nSPS) is 11.1. The Kier molecular flexibility index (Phi) is 2.47. The monoisotopic (exact) mass is 301 g/mol. The van der Waals surface area contributed by atoms with Crippen LogP contribution in [0.25, 0.3) is 5.65 Å². The van der Waals surface area contributed by atoms with Crippen molar-refractivity contribution < 1.29 is 0 Å². The molecule has 2 aromatic rings. The summed E-state index contributed by atoms with van der Waals surface area (Å²) in [6, 6.07) is 2.09. The van der Waals surface area contributed by atoms with Gasteiger partial charge in [-0.1, -0.05) is 6.92 Å². The van der Waals surface area contributed by atoms with E-state index in [1.165, 1.54) is 5.69 Å². The third-order valence-corrected chi connectivity index (χ3v) is 3.52. The molecular weight excluding hydrogens is 289 g/mol. The zero-order valence-corrected chi connectivity index (χ0v) is 10.7. The lowest BCUT2D eigenvalue weighted by molar-refractivity contribution is 0.831. The van der Waals surface area contributed by atoms with Gasteiger partial charge in [0.25, 0.3) is 0 Å². The molecule has 0 fully saturated rings. The van der Waals surface area contributed by atoms with E-state index < -0.39 is 0 Å². The number of rotatable bonds is 1. The first-order valence-electron chi connectivity index (χ1n) is 4.65. The van der Waals surface area contributed by atoms with Gasteiger partial charge in [0.05, 0.1) is 9.26 Å². The summed E-state index contributed by atoms with van der Waals surface area (Å²) < 4.78 is 3.10. The van der Waals surface area contributed by atoms with Gasteiger partial charge in [0.15, 0.2) is 5.65 Å². The van der Waals surface area contributed by atoms with E-state index in [-0.39, 0.29) is 0 Å². The molecule has 0 N–H and O–H groups in total. The second-order valence-corrected chi connectivity index (χ2v) is 4.46. The highest BCUT2D eigenvalue weighted by Gasteiger charge is 2.10. The smallest absolute Gasteiger partial charge is 0.169 e. The number of hydrogen-bond acceptors (Lipinski definition) is 2. The minimum atomic E-state index is 0.983. The molecule has 4 heteroatoms. The molecule has 2 heterocycles. The van der Waals surface area contributed by atoms with Gasteiger partial charge in [0.1, 0.15) is 0 Å². The Balaban J connectivity index is 2.87. The topological polar surface area (TPSA) is 30.2 Å². The van der Waals surface area contributed by atoms with Gasteiger partial charge in [0, 0.05) is 11.4 Å². The molecule has 74 valence electrons. The van der Waals surface area contributed by atoms with E-state index >= 15 is 0 Å². The molecular formula is C10H12IN3. The maximum absolute atomic E-state index is 4.50. The molecule has 14 heavy (non-hydrogen) atoms. The van der Waals surface area contributed by atoms with Crippen LogP contribution in [0.1, 0.15) is 24.0 Å². The largest absolute Gasteiger partial charge is 0.233 e. The minimum Gasteiger partial charge on any atom is -0.233 e. The van der Waals surface area contributed by atoms with E-state index in [1.54, 1.807) is 0 Å². The van der Waals surface area contributed by atoms with Crippen molar-refractivity contribution in [2.45, 2.75) is 27.2 Å². The Bertz CT molecular complexity index is 488. The number of aryl methyl sites for hydroxylation is 3. The van der Waals surface area contributed by atoms with Crippen molar-refractivity contribution in [1.82, 2.24) is 14.6 Å². The predicted octanol–water partition coefficient (Wildman–Crippen LogP) is 2.51. The molecule has 0 spiro atoms. The summed E-state index contributed by atoms with van der Waals surface area (Å²) in [6.07, 6.45) is 0.983. The zero-order chi connectivity index (χ0) is 10.3. The van der Waals surface area contributed by atoms with E-state index in [2.05, 4.69) is 45.7 Å². The summed E-state index contributed by atoms with van der Waals surface area (Å²) in [6.45, 7) is 6.18. The highest BCUT2D eigenvalue weighted by atomic mass is 127. The molecule has 0 aromatic carbocycles. The minimum absolute atomic E-state index is 0.983. The van der Waals surface area contributed by atoms with Crippen LogP contribution < -0.4 is 0 Å². The van der Waals surface area contributed by atoms with Crippen LogP contribution in [0.4, 0.5) is 0 Å². The predicted molar refractivity (Wildman–Crippen MR) is 64.6 cm³/mol. The SMILES string of the molecule is CCc1cc(C)nc2c(I)c(C)nn12. The third kappa shape index (κ3) is 1.41. The number of fused-ring (bicyclic) bond motifs is 1. The first kappa shape index (κ1) is 9.89. The first-order chi connectivity index (χ1) is 6.63. The Morgan fingerprint density at radius 1 is 1.43 bits per heavy atom. The van der Waals surface area contributed by atoms with Crippen LogP contribution in [0.3, 0.4) is 0 Å². The lowest BCUT2D eigenvalue weighted by atomic mass is 10.3. The fraction of sp³-hybridized carbons (Fsp3) is 0.400. The average molecular weight is 301 g/mol. The Labute approximate surface area is 96.7 Å². The Morgan fingerprint density at radius 3 is 2.79 bits per heavy atom. The number of nitrogens with zero attached hydrogens (tertiary/aromatic N) is 3. The van der Waals surface area contributed by atoms with Crippen molar-refractivity contribution in [2.24, 2.45) is 0 Å². The quantitative estimate of drug-likeness (QED) is 0.758. The first-order valence-corrected chi connectivity index (χ1v) is 5.72. The summed E-state index contributed by atoms with van der Waals surface area (Å²) in [7, 11) is 0. The maximum atomic E-state index is 4.50. The van der Waals surface area contributed by atoms with E-state index in [0.717, 1.165) is 27.0 Å². The molecule has 2 aromatic heterocycles. The van der Waals surface area contributed by atoms with Crippen LogP contribution in [-0.4, -0.2) is 14.6 Å². The van der Waals surface area contributed by atoms with Crippen LogP contribution in [-0.2, 0) is 6.42 Å². The van der Waals surface area contributed by atoms with Crippen LogP contribution in [0.5, 0.6) is 0 Å². The van der Waals surface area contributed by atoms with Crippen LogP contribution in [0.2, 0.25) is 0 Å². The van der Waals surface area contributed by atoms with Gasteiger partial charge in [-0.25, -0.2) is 9.50 Å². The standard InChI is InChI=1S/C10H12IN3/c1-4-8-5-6(2)12-10-9(11)7(3)13-14(8)10/h5H,4H2,1-3H3. The summed E-state index contributed by atoms with van der Waals surface area (Å²) >= 11 is 2.30. The van der Waals surface area contributed by atoms with E-state index in [1.807, 2.05) is 18.4 Å². The molecule has 3 nitrogen and oxygen atoms in total. The van der Waals surface area contributed by atoms with Crippen LogP contribution in [0.15, 0.2) is 6.07 Å². The van der Waals surface area contributed by atoms with Gasteiger partial charge in [-0.15, -0.1) is 0 Å². The maximum Gasteiger partial charge on any atom is 0.169 e. The van der Waals surface area contributed by atoms with Crippen LogP contribution >= 0.6 is 22.6 Å². The summed E-state index contributed by atoms with van der Waals surface area (Å²) in [5.74, 6) is 0. The van der Waals surface area contributed by atoms with Crippen LogP contribution in [0, 0.1) is 17.4 Å². The zero-order valence-electron chi connectivity index (χ0n) is 8.50. The third-order valence-electron chi connectivity index (χ3n) is 2.26. The van der Waals surface area contributed by atoms with Gasteiger partial charge in [0.2, 0.25) is 0 Å². The molecule has 0 saturated carbocycles. The fourth-order valence-corrected chi connectivity index (χ4v) is 2.00. The van der Waals surface area contributed by atoms with Crippen molar-refractivity contribution in [3.8, 4) is 0 Å². The highest BCUT2D eigenvalue weighted by molar-refractivity contribution is 14.1. The van der Waals surface area contributed by atoms with E-state index in [4.69, 9.17) is 0 Å². The van der Waals surface area contributed by atoms with Crippen molar-refractivity contribution in [1.29, 1.82) is 0 Å². The van der Waals surface area contributed by atoms with Gasteiger partial charge < -0.3 is 0 Å². The van der Waals surface area contributed by atoms with Crippen molar-refractivity contribution in [3.05, 3.63) is 26.7 Å². The average Bonchev–Trinajstić information content (AvgIpc) is 2.43. The fourth-order valence-electron chi connectivity index (χ4n) is 1.55. The molecule has 0 unspecified atom stereocenters. The second kappa shape index (κ2) is 3.49. The van der Waals surface area contributed by atoms with Crippen molar-refractivity contribution in [2.75, 3.05) is 0 Å². The number of hydrogen-bond donors (Lipinski definition) is 0. The Morgan fingerprint density at radius 2 is 2.14 bits per heavy atom. The molecule has 0 saturated heterocycles. The molecule has 0 aliphatic rings. The number of aromatic nitrogens is 3. The summed E-state index contributed by atoms with van der Waals surface area (Å²) in [4.78, 5) is 4.50. The molecule has 0 aliphatic carbocycles. The molecule has 0 amide bonds. The second-order valence-electron chi connectivity index (χ2n) is 3.38.